The molecule has 94 valence electrons. The monoisotopic (exact) mass is 252 g/mol. The summed E-state index contributed by atoms with van der Waals surface area (Å²) in [5, 5.41) is 4.40. The van der Waals surface area contributed by atoms with E-state index in [2.05, 4.69) is 37.2 Å². The Morgan fingerprint density at radius 1 is 1.41 bits per heavy atom. The smallest absolute Gasteiger partial charge is 0.0471 e. The highest BCUT2D eigenvalue weighted by molar-refractivity contribution is 6.31. The number of benzene rings is 1. The van der Waals surface area contributed by atoms with E-state index in [1.807, 2.05) is 12.1 Å². The molecule has 1 saturated carbocycles. The van der Waals surface area contributed by atoms with E-state index in [4.69, 9.17) is 11.6 Å². The molecule has 0 bridgehead atoms. The predicted octanol–water partition coefficient (Wildman–Crippen LogP) is 3.44. The van der Waals surface area contributed by atoms with E-state index in [0.717, 1.165) is 11.6 Å². The molecular weight excluding hydrogens is 232 g/mol. The molecule has 1 aromatic rings. The van der Waals surface area contributed by atoms with Crippen molar-refractivity contribution in [3.05, 3.63) is 28.8 Å². The van der Waals surface area contributed by atoms with E-state index >= 15 is 0 Å². The van der Waals surface area contributed by atoms with Crippen molar-refractivity contribution in [1.29, 1.82) is 0 Å². The van der Waals surface area contributed by atoms with Crippen molar-refractivity contribution in [3.8, 4) is 0 Å². The van der Waals surface area contributed by atoms with Crippen LogP contribution in [0.25, 0.3) is 0 Å². The topological polar surface area (TPSA) is 15.3 Å². The molecule has 0 amide bonds. The zero-order valence-electron chi connectivity index (χ0n) is 10.8. The van der Waals surface area contributed by atoms with Crippen molar-refractivity contribution in [2.75, 3.05) is 11.9 Å². The van der Waals surface area contributed by atoms with Gasteiger partial charge in [0, 0.05) is 41.9 Å². The second kappa shape index (κ2) is 5.28. The van der Waals surface area contributed by atoms with Crippen molar-refractivity contribution in [2.24, 2.45) is 0 Å². The first-order valence-electron chi connectivity index (χ1n) is 6.33. The van der Waals surface area contributed by atoms with Crippen LogP contribution in [0.3, 0.4) is 0 Å². The number of hydrogen-bond acceptors (Lipinski definition) is 2. The van der Waals surface area contributed by atoms with Gasteiger partial charge >= 0.3 is 0 Å². The minimum absolute atomic E-state index is 0.480. The van der Waals surface area contributed by atoms with Crippen molar-refractivity contribution < 1.29 is 0 Å². The van der Waals surface area contributed by atoms with Gasteiger partial charge in [0.25, 0.3) is 0 Å². The molecule has 0 radical (unpaired) electrons. The Kier molecular flexibility index (Phi) is 3.95. The molecule has 2 rings (SSSR count). The van der Waals surface area contributed by atoms with Crippen LogP contribution < -0.4 is 10.2 Å². The third-order valence-electron chi connectivity index (χ3n) is 3.39. The van der Waals surface area contributed by atoms with E-state index < -0.39 is 0 Å². The maximum atomic E-state index is 6.32. The van der Waals surface area contributed by atoms with Gasteiger partial charge in [0.2, 0.25) is 0 Å². The normalized spacial score (nSPS) is 15.4. The molecule has 0 spiro atoms. The van der Waals surface area contributed by atoms with Gasteiger partial charge in [0.1, 0.15) is 0 Å². The summed E-state index contributed by atoms with van der Waals surface area (Å²) in [5.41, 5.74) is 2.46. The lowest BCUT2D eigenvalue weighted by Crippen LogP contribution is -2.28. The molecule has 1 aliphatic carbocycles. The fourth-order valence-corrected chi connectivity index (χ4v) is 2.10. The summed E-state index contributed by atoms with van der Waals surface area (Å²) in [6.07, 6.45) is 2.61. The summed E-state index contributed by atoms with van der Waals surface area (Å²) in [6, 6.07) is 7.34. The Labute approximate surface area is 109 Å². The van der Waals surface area contributed by atoms with Crippen molar-refractivity contribution in [2.45, 2.75) is 45.3 Å². The Balaban J connectivity index is 2.19. The van der Waals surface area contributed by atoms with Crippen LogP contribution in [0.5, 0.6) is 0 Å². The Morgan fingerprint density at radius 2 is 2.12 bits per heavy atom. The Hall–Kier alpha value is -0.730. The van der Waals surface area contributed by atoms with E-state index in [9.17, 15) is 0 Å². The van der Waals surface area contributed by atoms with Crippen LogP contribution in [0.1, 0.15) is 32.3 Å². The maximum Gasteiger partial charge on any atom is 0.0471 e. The van der Waals surface area contributed by atoms with Crippen LogP contribution in [0.15, 0.2) is 18.2 Å². The molecule has 0 saturated heterocycles. The first kappa shape index (κ1) is 12.7. The average Bonchev–Trinajstić information content (AvgIpc) is 3.10. The third-order valence-corrected chi connectivity index (χ3v) is 3.75. The number of hydrogen-bond donors (Lipinski definition) is 1. The molecule has 17 heavy (non-hydrogen) atoms. The van der Waals surface area contributed by atoms with Crippen LogP contribution in [-0.2, 0) is 6.54 Å². The predicted molar refractivity (Wildman–Crippen MR) is 74.9 cm³/mol. The zero-order valence-corrected chi connectivity index (χ0v) is 11.6. The van der Waals surface area contributed by atoms with E-state index in [1.165, 1.54) is 24.1 Å². The van der Waals surface area contributed by atoms with Crippen LogP contribution >= 0.6 is 11.6 Å². The number of halogens is 1. The highest BCUT2D eigenvalue weighted by atomic mass is 35.5. The van der Waals surface area contributed by atoms with E-state index in [1.54, 1.807) is 0 Å². The zero-order chi connectivity index (χ0) is 12.4. The number of anilines is 1. The molecule has 0 aromatic heterocycles. The van der Waals surface area contributed by atoms with Gasteiger partial charge in [-0.25, -0.2) is 0 Å². The standard InChI is InChI=1S/C14H21ClN2/c1-10(2)17(3)14-6-4-5-13(15)12(14)9-16-11-7-8-11/h4-6,10-11,16H,7-9H2,1-3H3. The van der Waals surface area contributed by atoms with Crippen molar-refractivity contribution >= 4 is 17.3 Å². The number of rotatable bonds is 5. The maximum absolute atomic E-state index is 6.32. The quantitative estimate of drug-likeness (QED) is 0.864. The SMILES string of the molecule is CC(C)N(C)c1cccc(Cl)c1CNC1CC1. The minimum Gasteiger partial charge on any atom is -0.372 e. The molecular formula is C14H21ClN2. The first-order chi connectivity index (χ1) is 8.09. The lowest BCUT2D eigenvalue weighted by molar-refractivity contribution is 0.679. The summed E-state index contributed by atoms with van der Waals surface area (Å²) >= 11 is 6.32. The lowest BCUT2D eigenvalue weighted by Gasteiger charge is -2.27. The van der Waals surface area contributed by atoms with Crippen LogP contribution in [-0.4, -0.2) is 19.1 Å². The van der Waals surface area contributed by atoms with E-state index in [0.29, 0.717) is 12.1 Å². The number of nitrogens with one attached hydrogen (secondary N) is 1. The number of nitrogens with zero attached hydrogens (tertiary/aromatic N) is 1. The van der Waals surface area contributed by atoms with E-state index in [-0.39, 0.29) is 0 Å². The lowest BCUT2D eigenvalue weighted by atomic mass is 10.1. The van der Waals surface area contributed by atoms with Gasteiger partial charge in [0.15, 0.2) is 0 Å². The Morgan fingerprint density at radius 3 is 2.71 bits per heavy atom. The molecule has 0 aliphatic heterocycles. The molecule has 0 unspecified atom stereocenters. The van der Waals surface area contributed by atoms with Crippen LogP contribution in [0, 0.1) is 0 Å². The highest BCUT2D eigenvalue weighted by Gasteiger charge is 2.21. The molecule has 1 fully saturated rings. The molecule has 3 heteroatoms. The molecule has 0 atom stereocenters. The fourth-order valence-electron chi connectivity index (χ4n) is 1.86. The van der Waals surface area contributed by atoms with Gasteiger partial charge in [-0.2, -0.15) is 0 Å². The summed E-state index contributed by atoms with van der Waals surface area (Å²) in [4.78, 5) is 2.27. The van der Waals surface area contributed by atoms with Crippen molar-refractivity contribution in [1.82, 2.24) is 5.32 Å². The Bertz CT molecular complexity index is 386. The van der Waals surface area contributed by atoms with Gasteiger partial charge in [-0.1, -0.05) is 17.7 Å². The van der Waals surface area contributed by atoms with Gasteiger partial charge in [-0.15, -0.1) is 0 Å². The molecule has 1 N–H and O–H groups in total. The van der Waals surface area contributed by atoms with Gasteiger partial charge in [-0.05, 0) is 38.8 Å². The third kappa shape index (κ3) is 3.14. The summed E-state index contributed by atoms with van der Waals surface area (Å²) < 4.78 is 0. The molecule has 1 aromatic carbocycles. The van der Waals surface area contributed by atoms with Gasteiger partial charge in [0.05, 0.1) is 0 Å². The van der Waals surface area contributed by atoms with Gasteiger partial charge < -0.3 is 10.2 Å². The fraction of sp³-hybridized carbons (Fsp3) is 0.571. The summed E-state index contributed by atoms with van der Waals surface area (Å²) in [5.74, 6) is 0. The summed E-state index contributed by atoms with van der Waals surface area (Å²) in [6.45, 7) is 5.26. The van der Waals surface area contributed by atoms with Crippen LogP contribution in [0.4, 0.5) is 5.69 Å². The molecule has 0 heterocycles. The first-order valence-corrected chi connectivity index (χ1v) is 6.71. The second-order valence-electron chi connectivity index (χ2n) is 5.10. The second-order valence-corrected chi connectivity index (χ2v) is 5.50. The van der Waals surface area contributed by atoms with Crippen molar-refractivity contribution in [3.63, 3.8) is 0 Å². The summed E-state index contributed by atoms with van der Waals surface area (Å²) in [7, 11) is 2.12. The molecule has 2 nitrogen and oxygen atoms in total. The minimum atomic E-state index is 0.480. The largest absolute Gasteiger partial charge is 0.372 e. The van der Waals surface area contributed by atoms with Crippen LogP contribution in [0.2, 0.25) is 5.02 Å². The highest BCUT2D eigenvalue weighted by Crippen LogP contribution is 2.29. The molecule has 1 aliphatic rings. The van der Waals surface area contributed by atoms with Gasteiger partial charge in [-0.3, -0.25) is 0 Å². The average molecular weight is 253 g/mol.